The van der Waals surface area contributed by atoms with Crippen molar-refractivity contribution in [2.75, 3.05) is 0 Å². The van der Waals surface area contributed by atoms with Crippen molar-refractivity contribution in [1.82, 2.24) is 15.2 Å². The van der Waals surface area contributed by atoms with Crippen LogP contribution in [0.4, 0.5) is 0 Å². The number of hydrogen-bond donors (Lipinski definition) is 1. The minimum atomic E-state index is -2.35. The Hall–Kier alpha value is 0.250. The third kappa shape index (κ3) is 3.47. The van der Waals surface area contributed by atoms with Gasteiger partial charge >= 0.3 is 29.6 Å². The molecule has 5 nitrogen and oxygen atoms in total. The van der Waals surface area contributed by atoms with Crippen LogP contribution in [0.3, 0.4) is 0 Å². The fraction of sp³-hybridized carbons (Fsp3) is 0.667. The molecule has 0 aliphatic carbocycles. The fourth-order valence-corrected chi connectivity index (χ4v) is 0.942. The van der Waals surface area contributed by atoms with E-state index in [2.05, 4.69) is 15.2 Å². The van der Waals surface area contributed by atoms with Gasteiger partial charge in [-0.2, -0.15) is 0 Å². The molecule has 1 unspecified atom stereocenters. The molecule has 1 N–H and O–H groups in total. The van der Waals surface area contributed by atoms with Crippen molar-refractivity contribution in [3.63, 3.8) is 0 Å². The van der Waals surface area contributed by atoms with Crippen molar-refractivity contribution in [2.24, 2.45) is 0 Å². The van der Waals surface area contributed by atoms with E-state index in [0.29, 0.717) is 5.82 Å². The predicted molar refractivity (Wildman–Crippen MR) is 42.3 cm³/mol. The van der Waals surface area contributed by atoms with E-state index in [1.165, 1.54) is 0 Å². The largest absolute Gasteiger partial charge is 1.00 e. The summed E-state index contributed by atoms with van der Waals surface area (Å²) in [5.41, 5.74) is -0.204. The monoisotopic (exact) mass is 211 g/mol. The molecule has 1 atom stereocenters. The normalized spacial score (nSPS) is 13.5. The standard InChI is InChI=1S/C6H11N3O2S.Na/c1-6(2,3)4-7-5(9-8-4)12(10)11;/h1-3H3,(H,10,11)(H,7,8,9);/q;+1/p-1. The summed E-state index contributed by atoms with van der Waals surface area (Å²) in [5, 5.41) is 5.93. The Kier molecular flexibility index (Phi) is 4.74. The Morgan fingerprint density at radius 3 is 2.23 bits per heavy atom. The summed E-state index contributed by atoms with van der Waals surface area (Å²) in [6, 6.07) is 0. The summed E-state index contributed by atoms with van der Waals surface area (Å²) in [5.74, 6) is 0.571. The van der Waals surface area contributed by atoms with Gasteiger partial charge in [-0.1, -0.05) is 20.8 Å². The molecule has 1 rings (SSSR count). The first-order valence-electron chi connectivity index (χ1n) is 3.43. The number of nitrogens with one attached hydrogen (secondary N) is 1. The Balaban J connectivity index is 0.00000144. The van der Waals surface area contributed by atoms with Crippen molar-refractivity contribution in [2.45, 2.75) is 31.3 Å². The molecular weight excluding hydrogens is 201 g/mol. The van der Waals surface area contributed by atoms with Gasteiger partial charge in [-0.3, -0.25) is 9.31 Å². The Morgan fingerprint density at radius 2 is 2.00 bits per heavy atom. The maximum Gasteiger partial charge on any atom is 1.00 e. The van der Waals surface area contributed by atoms with Crippen LogP contribution < -0.4 is 29.6 Å². The zero-order chi connectivity index (χ0) is 9.35. The molecule has 0 saturated carbocycles. The van der Waals surface area contributed by atoms with Gasteiger partial charge in [-0.15, -0.1) is 5.10 Å². The molecule has 0 amide bonds. The summed E-state index contributed by atoms with van der Waals surface area (Å²) in [6.07, 6.45) is 0. The molecule has 0 aromatic carbocycles. The van der Waals surface area contributed by atoms with Crippen LogP contribution in [0, 0.1) is 0 Å². The molecule has 0 bridgehead atoms. The summed E-state index contributed by atoms with van der Waals surface area (Å²) >= 11 is -2.35. The van der Waals surface area contributed by atoms with Crippen molar-refractivity contribution in [1.29, 1.82) is 0 Å². The van der Waals surface area contributed by atoms with Gasteiger partial charge in [0.1, 0.15) is 5.82 Å². The van der Waals surface area contributed by atoms with E-state index in [9.17, 15) is 8.76 Å². The molecule has 0 saturated heterocycles. The molecule has 13 heavy (non-hydrogen) atoms. The van der Waals surface area contributed by atoms with E-state index in [1.54, 1.807) is 0 Å². The fourth-order valence-electron chi connectivity index (χ4n) is 0.656. The second-order valence-corrected chi connectivity index (χ2v) is 4.29. The van der Waals surface area contributed by atoms with E-state index in [4.69, 9.17) is 0 Å². The first-order valence-corrected chi connectivity index (χ1v) is 4.51. The smallest absolute Gasteiger partial charge is 0.766 e. The van der Waals surface area contributed by atoms with Gasteiger partial charge in [0.15, 0.2) is 0 Å². The zero-order valence-electron chi connectivity index (χ0n) is 8.12. The first kappa shape index (κ1) is 13.2. The van der Waals surface area contributed by atoms with Crippen molar-refractivity contribution >= 4 is 11.1 Å². The number of rotatable bonds is 1. The van der Waals surface area contributed by atoms with Crippen LogP contribution in [0.1, 0.15) is 26.6 Å². The van der Waals surface area contributed by atoms with Gasteiger partial charge < -0.3 is 4.55 Å². The van der Waals surface area contributed by atoms with Gasteiger partial charge in [-0.05, 0) is 0 Å². The zero-order valence-corrected chi connectivity index (χ0v) is 10.9. The number of aromatic nitrogens is 3. The first-order chi connectivity index (χ1) is 5.41. The minimum absolute atomic E-state index is 0. The third-order valence-electron chi connectivity index (χ3n) is 1.32. The molecule has 7 heteroatoms. The summed E-state index contributed by atoms with van der Waals surface area (Å²) in [4.78, 5) is 3.80. The Labute approximate surface area is 101 Å². The molecule has 1 aromatic rings. The number of aromatic amines is 1. The average molecular weight is 211 g/mol. The quantitative estimate of drug-likeness (QED) is 0.406. The van der Waals surface area contributed by atoms with Gasteiger partial charge in [0.2, 0.25) is 5.16 Å². The minimum Gasteiger partial charge on any atom is -0.766 e. The molecule has 1 aromatic heterocycles. The Bertz CT molecular complexity index is 307. The predicted octanol–water partition coefficient (Wildman–Crippen LogP) is -2.66. The van der Waals surface area contributed by atoms with Crippen LogP contribution in [0.25, 0.3) is 0 Å². The van der Waals surface area contributed by atoms with Crippen LogP contribution in [-0.2, 0) is 16.5 Å². The van der Waals surface area contributed by atoms with Crippen molar-refractivity contribution in [3.8, 4) is 0 Å². The number of nitrogens with zero attached hydrogens (tertiary/aromatic N) is 2. The molecular formula is C6H10N3NaO2S. The number of hydrogen-bond acceptors (Lipinski definition) is 4. The van der Waals surface area contributed by atoms with Gasteiger partial charge in [0.25, 0.3) is 0 Å². The molecule has 0 aliphatic heterocycles. The van der Waals surface area contributed by atoms with Crippen LogP contribution in [-0.4, -0.2) is 23.9 Å². The van der Waals surface area contributed by atoms with E-state index in [1.807, 2.05) is 20.8 Å². The van der Waals surface area contributed by atoms with Crippen LogP contribution >= 0.6 is 0 Å². The maximum atomic E-state index is 10.4. The van der Waals surface area contributed by atoms with E-state index < -0.39 is 11.1 Å². The SMILES string of the molecule is CC(C)(C)c1nc(S(=O)[O-])n[nH]1.[Na+]. The average Bonchev–Trinajstić information content (AvgIpc) is 2.30. The van der Waals surface area contributed by atoms with E-state index in [0.717, 1.165) is 0 Å². The maximum absolute atomic E-state index is 10.4. The molecule has 0 radical (unpaired) electrons. The number of H-pyrrole nitrogens is 1. The van der Waals surface area contributed by atoms with Crippen molar-refractivity contribution in [3.05, 3.63) is 5.82 Å². The van der Waals surface area contributed by atoms with Gasteiger partial charge in [0, 0.05) is 16.5 Å². The summed E-state index contributed by atoms with van der Waals surface area (Å²) in [7, 11) is 0. The van der Waals surface area contributed by atoms with E-state index >= 15 is 0 Å². The molecule has 0 spiro atoms. The summed E-state index contributed by atoms with van der Waals surface area (Å²) < 4.78 is 20.8. The van der Waals surface area contributed by atoms with Crippen molar-refractivity contribution < 1.29 is 38.3 Å². The van der Waals surface area contributed by atoms with E-state index in [-0.39, 0.29) is 40.1 Å². The van der Waals surface area contributed by atoms with Gasteiger partial charge in [-0.25, -0.2) is 4.98 Å². The summed E-state index contributed by atoms with van der Waals surface area (Å²) in [6.45, 7) is 5.76. The molecule has 1 heterocycles. The third-order valence-corrected chi connectivity index (χ3v) is 1.81. The second kappa shape index (κ2) is 4.65. The van der Waals surface area contributed by atoms with Crippen LogP contribution in [0.5, 0.6) is 0 Å². The van der Waals surface area contributed by atoms with Crippen LogP contribution in [0.2, 0.25) is 0 Å². The second-order valence-electron chi connectivity index (χ2n) is 3.45. The molecule has 68 valence electrons. The topological polar surface area (TPSA) is 81.7 Å². The van der Waals surface area contributed by atoms with Gasteiger partial charge in [0.05, 0.1) is 0 Å². The Morgan fingerprint density at radius 1 is 1.46 bits per heavy atom. The van der Waals surface area contributed by atoms with Crippen LogP contribution in [0.15, 0.2) is 5.16 Å². The molecule has 0 fully saturated rings. The molecule has 0 aliphatic rings.